The van der Waals surface area contributed by atoms with Crippen LogP contribution in [0.1, 0.15) is 48.0 Å². The summed E-state index contributed by atoms with van der Waals surface area (Å²) < 4.78 is 0. The Balaban J connectivity index is 4.16. The van der Waals surface area contributed by atoms with E-state index in [1.54, 1.807) is 0 Å². The SMILES string of the molecule is CCC(C(C)C)N(CC)CC(C)C. The van der Waals surface area contributed by atoms with E-state index in [9.17, 15) is 0 Å². The molecule has 0 saturated carbocycles. The molecule has 0 aromatic rings. The van der Waals surface area contributed by atoms with Crippen LogP contribution in [0.2, 0.25) is 0 Å². The van der Waals surface area contributed by atoms with E-state index in [4.69, 9.17) is 0 Å². The maximum Gasteiger partial charge on any atom is 0.0116 e. The average Bonchev–Trinajstić information content (AvgIpc) is 2.02. The average molecular weight is 185 g/mol. The van der Waals surface area contributed by atoms with E-state index in [0.29, 0.717) is 0 Å². The maximum atomic E-state index is 2.62. The zero-order valence-corrected chi connectivity index (χ0v) is 10.3. The van der Waals surface area contributed by atoms with Gasteiger partial charge in [0.1, 0.15) is 0 Å². The van der Waals surface area contributed by atoms with Gasteiger partial charge in [0.05, 0.1) is 0 Å². The molecule has 80 valence electrons. The number of nitrogens with zero attached hydrogens (tertiary/aromatic N) is 1. The van der Waals surface area contributed by atoms with Gasteiger partial charge >= 0.3 is 0 Å². The molecule has 1 nitrogen and oxygen atoms in total. The first-order valence-corrected chi connectivity index (χ1v) is 5.76. The first-order chi connectivity index (χ1) is 6.02. The normalized spacial score (nSPS) is 14.5. The third-order valence-electron chi connectivity index (χ3n) is 2.66. The van der Waals surface area contributed by atoms with Gasteiger partial charge in [-0.15, -0.1) is 0 Å². The molecule has 0 radical (unpaired) electrons. The molecule has 1 unspecified atom stereocenters. The second-order valence-corrected chi connectivity index (χ2v) is 4.70. The molecule has 1 heteroatoms. The second kappa shape index (κ2) is 6.42. The topological polar surface area (TPSA) is 3.24 Å². The van der Waals surface area contributed by atoms with Crippen LogP contribution >= 0.6 is 0 Å². The lowest BCUT2D eigenvalue weighted by atomic mass is 9.99. The van der Waals surface area contributed by atoms with Crippen molar-refractivity contribution in [3.8, 4) is 0 Å². The molecule has 0 bridgehead atoms. The van der Waals surface area contributed by atoms with E-state index in [-0.39, 0.29) is 0 Å². The van der Waals surface area contributed by atoms with Crippen molar-refractivity contribution in [3.05, 3.63) is 0 Å². The summed E-state index contributed by atoms with van der Waals surface area (Å²) in [6, 6.07) is 0.771. The number of hydrogen-bond donors (Lipinski definition) is 0. The molecule has 0 heterocycles. The fraction of sp³-hybridized carbons (Fsp3) is 1.00. The lowest BCUT2D eigenvalue weighted by Gasteiger charge is -2.34. The molecule has 0 rings (SSSR count). The Morgan fingerprint density at radius 1 is 1.00 bits per heavy atom. The molecule has 1 atom stereocenters. The quantitative estimate of drug-likeness (QED) is 0.613. The summed E-state index contributed by atoms with van der Waals surface area (Å²) in [6.45, 7) is 16.3. The molecule has 0 aliphatic rings. The minimum absolute atomic E-state index is 0.771. The Morgan fingerprint density at radius 3 is 1.77 bits per heavy atom. The largest absolute Gasteiger partial charge is 0.300 e. The van der Waals surface area contributed by atoms with E-state index in [0.717, 1.165) is 17.9 Å². The smallest absolute Gasteiger partial charge is 0.0116 e. The fourth-order valence-corrected chi connectivity index (χ4v) is 2.12. The van der Waals surface area contributed by atoms with E-state index >= 15 is 0 Å². The molecular weight excluding hydrogens is 158 g/mol. The van der Waals surface area contributed by atoms with Crippen LogP contribution in [0.5, 0.6) is 0 Å². The van der Waals surface area contributed by atoms with Crippen LogP contribution in [0.4, 0.5) is 0 Å². The highest BCUT2D eigenvalue weighted by Gasteiger charge is 2.18. The Bertz CT molecular complexity index is 118. The Kier molecular flexibility index (Phi) is 6.40. The van der Waals surface area contributed by atoms with E-state index in [1.165, 1.54) is 19.5 Å². The summed E-state index contributed by atoms with van der Waals surface area (Å²) >= 11 is 0. The minimum Gasteiger partial charge on any atom is -0.300 e. The highest BCUT2D eigenvalue weighted by Crippen LogP contribution is 2.15. The van der Waals surface area contributed by atoms with Gasteiger partial charge in [0.2, 0.25) is 0 Å². The summed E-state index contributed by atoms with van der Waals surface area (Å²) in [4.78, 5) is 2.62. The number of hydrogen-bond acceptors (Lipinski definition) is 1. The first kappa shape index (κ1) is 13.0. The predicted molar refractivity (Wildman–Crippen MR) is 61.0 cm³/mol. The van der Waals surface area contributed by atoms with Gasteiger partial charge in [-0.25, -0.2) is 0 Å². The van der Waals surface area contributed by atoms with Gasteiger partial charge in [0.25, 0.3) is 0 Å². The summed E-state index contributed by atoms with van der Waals surface area (Å²) in [5, 5.41) is 0. The molecular formula is C12H27N. The lowest BCUT2D eigenvalue weighted by molar-refractivity contribution is 0.141. The molecule has 0 aromatic heterocycles. The molecule has 0 aliphatic carbocycles. The third kappa shape index (κ3) is 4.66. The van der Waals surface area contributed by atoms with Crippen LogP contribution in [-0.4, -0.2) is 24.0 Å². The molecule has 0 spiro atoms. The van der Waals surface area contributed by atoms with Gasteiger partial charge < -0.3 is 4.90 Å². The van der Waals surface area contributed by atoms with Gasteiger partial charge in [-0.3, -0.25) is 0 Å². The summed E-state index contributed by atoms with van der Waals surface area (Å²) in [5.41, 5.74) is 0. The molecule has 0 amide bonds. The molecule has 0 N–H and O–H groups in total. The van der Waals surface area contributed by atoms with Gasteiger partial charge in [-0.1, -0.05) is 41.5 Å². The molecule has 0 aliphatic heterocycles. The molecule has 0 saturated heterocycles. The summed E-state index contributed by atoms with van der Waals surface area (Å²) in [6.07, 6.45) is 1.28. The van der Waals surface area contributed by atoms with Crippen molar-refractivity contribution in [2.45, 2.75) is 54.0 Å². The molecule has 0 aromatic carbocycles. The Hall–Kier alpha value is -0.0400. The monoisotopic (exact) mass is 185 g/mol. The van der Waals surface area contributed by atoms with Crippen molar-refractivity contribution >= 4 is 0 Å². The maximum absolute atomic E-state index is 2.62. The molecule has 0 fully saturated rings. The fourth-order valence-electron chi connectivity index (χ4n) is 2.12. The van der Waals surface area contributed by atoms with Gasteiger partial charge in [0.15, 0.2) is 0 Å². The highest BCUT2D eigenvalue weighted by molar-refractivity contribution is 4.73. The van der Waals surface area contributed by atoms with E-state index < -0.39 is 0 Å². The first-order valence-electron chi connectivity index (χ1n) is 5.76. The summed E-state index contributed by atoms with van der Waals surface area (Å²) in [5.74, 6) is 1.57. The zero-order valence-electron chi connectivity index (χ0n) is 10.3. The van der Waals surface area contributed by atoms with Crippen molar-refractivity contribution in [1.82, 2.24) is 4.90 Å². The predicted octanol–water partition coefficient (Wildman–Crippen LogP) is 3.40. The highest BCUT2D eigenvalue weighted by atomic mass is 15.2. The van der Waals surface area contributed by atoms with Crippen molar-refractivity contribution in [2.75, 3.05) is 13.1 Å². The Morgan fingerprint density at radius 2 is 1.54 bits per heavy atom. The van der Waals surface area contributed by atoms with Crippen LogP contribution in [0.15, 0.2) is 0 Å². The van der Waals surface area contributed by atoms with Crippen LogP contribution in [0, 0.1) is 11.8 Å². The Labute approximate surface area is 84.5 Å². The van der Waals surface area contributed by atoms with Crippen LogP contribution in [0.25, 0.3) is 0 Å². The van der Waals surface area contributed by atoms with Crippen LogP contribution in [-0.2, 0) is 0 Å². The van der Waals surface area contributed by atoms with Crippen molar-refractivity contribution < 1.29 is 0 Å². The van der Waals surface area contributed by atoms with E-state index in [2.05, 4.69) is 46.4 Å². The van der Waals surface area contributed by atoms with Gasteiger partial charge in [-0.2, -0.15) is 0 Å². The van der Waals surface area contributed by atoms with Gasteiger partial charge in [0, 0.05) is 12.6 Å². The second-order valence-electron chi connectivity index (χ2n) is 4.70. The van der Waals surface area contributed by atoms with Gasteiger partial charge in [-0.05, 0) is 24.8 Å². The minimum atomic E-state index is 0.771. The number of rotatable bonds is 6. The van der Waals surface area contributed by atoms with Crippen molar-refractivity contribution in [3.63, 3.8) is 0 Å². The molecule has 13 heavy (non-hydrogen) atoms. The van der Waals surface area contributed by atoms with Crippen molar-refractivity contribution in [2.24, 2.45) is 11.8 Å². The van der Waals surface area contributed by atoms with Crippen LogP contribution < -0.4 is 0 Å². The van der Waals surface area contributed by atoms with Crippen molar-refractivity contribution in [1.29, 1.82) is 0 Å². The zero-order chi connectivity index (χ0) is 10.4. The van der Waals surface area contributed by atoms with E-state index in [1.807, 2.05) is 0 Å². The third-order valence-corrected chi connectivity index (χ3v) is 2.66. The van der Waals surface area contributed by atoms with Crippen LogP contribution in [0.3, 0.4) is 0 Å². The lowest BCUT2D eigenvalue weighted by Crippen LogP contribution is -2.40. The summed E-state index contributed by atoms with van der Waals surface area (Å²) in [7, 11) is 0. The standard InChI is InChI=1S/C12H27N/c1-7-12(11(5)6)13(8-2)9-10(3)4/h10-12H,7-9H2,1-6H3.